The van der Waals surface area contributed by atoms with Crippen molar-refractivity contribution in [2.75, 3.05) is 10.6 Å². The maximum Gasteiger partial charge on any atom is 0.242 e. The number of hydrogen-bond donors (Lipinski definition) is 3. The number of rotatable bonds is 10. The SMILES string of the molecule is C[C@@H](c1cccc(Cl)c1F)C(NC1(c2ccc(Cl)cc2NC=O)CCCCC1)C(=O)Nc1ccc(C=O)cc1. The number of halogens is 3. The average Bonchev–Trinajstić information content (AvgIpc) is 2.94. The van der Waals surface area contributed by atoms with Crippen molar-refractivity contribution in [3.63, 3.8) is 0 Å². The number of aldehydes is 1. The minimum absolute atomic E-state index is 0.0227. The quantitative estimate of drug-likeness (QED) is 0.228. The average molecular weight is 570 g/mol. The number of nitrogens with one attached hydrogen (secondary N) is 3. The van der Waals surface area contributed by atoms with E-state index in [0.717, 1.165) is 31.1 Å². The third kappa shape index (κ3) is 6.49. The van der Waals surface area contributed by atoms with Gasteiger partial charge in [0.15, 0.2) is 0 Å². The van der Waals surface area contributed by atoms with Crippen molar-refractivity contribution in [2.24, 2.45) is 0 Å². The van der Waals surface area contributed by atoms with E-state index in [0.29, 0.717) is 46.8 Å². The normalized spacial score (nSPS) is 16.1. The number of carbonyl (C=O) groups excluding carboxylic acids is 3. The molecule has 0 radical (unpaired) electrons. The third-order valence-electron chi connectivity index (χ3n) is 7.42. The lowest BCUT2D eigenvalue weighted by atomic mass is 9.74. The second-order valence-corrected chi connectivity index (χ2v) is 10.7. The van der Waals surface area contributed by atoms with Crippen molar-refractivity contribution in [3.8, 4) is 0 Å². The Balaban J connectivity index is 1.78. The van der Waals surface area contributed by atoms with Crippen LogP contribution in [0.4, 0.5) is 15.8 Å². The van der Waals surface area contributed by atoms with Crippen LogP contribution >= 0.6 is 23.2 Å². The van der Waals surface area contributed by atoms with Crippen LogP contribution in [0, 0.1) is 5.82 Å². The molecule has 0 bridgehead atoms. The van der Waals surface area contributed by atoms with Gasteiger partial charge in [-0.3, -0.25) is 19.7 Å². The zero-order valence-electron chi connectivity index (χ0n) is 21.5. The Morgan fingerprint density at radius 1 is 1.00 bits per heavy atom. The Morgan fingerprint density at radius 2 is 1.72 bits per heavy atom. The van der Waals surface area contributed by atoms with Gasteiger partial charge in [-0.25, -0.2) is 4.39 Å². The van der Waals surface area contributed by atoms with Gasteiger partial charge in [-0.2, -0.15) is 0 Å². The number of hydrogen-bond acceptors (Lipinski definition) is 4. The first kappa shape index (κ1) is 28.7. The predicted molar refractivity (Wildman–Crippen MR) is 153 cm³/mol. The molecule has 0 saturated heterocycles. The molecule has 204 valence electrons. The van der Waals surface area contributed by atoms with Gasteiger partial charge in [0, 0.05) is 33.4 Å². The number of benzene rings is 3. The molecule has 1 fully saturated rings. The summed E-state index contributed by atoms with van der Waals surface area (Å²) in [5.41, 5.74) is 1.96. The highest BCUT2D eigenvalue weighted by molar-refractivity contribution is 6.31. The van der Waals surface area contributed by atoms with Crippen LogP contribution in [0.5, 0.6) is 0 Å². The first-order valence-electron chi connectivity index (χ1n) is 12.9. The molecule has 3 aromatic rings. The lowest BCUT2D eigenvalue weighted by Crippen LogP contribution is -2.55. The molecule has 4 rings (SSSR count). The molecule has 6 nitrogen and oxygen atoms in total. The highest BCUT2D eigenvalue weighted by atomic mass is 35.5. The summed E-state index contributed by atoms with van der Waals surface area (Å²) in [7, 11) is 0. The van der Waals surface area contributed by atoms with Crippen molar-refractivity contribution in [1.29, 1.82) is 0 Å². The van der Waals surface area contributed by atoms with Crippen molar-refractivity contribution in [2.45, 2.75) is 56.5 Å². The van der Waals surface area contributed by atoms with E-state index in [4.69, 9.17) is 23.2 Å². The second kappa shape index (κ2) is 12.7. The van der Waals surface area contributed by atoms with E-state index in [1.165, 1.54) is 6.07 Å². The Labute approximate surface area is 237 Å². The van der Waals surface area contributed by atoms with E-state index < -0.39 is 23.3 Å². The minimum atomic E-state index is -0.887. The van der Waals surface area contributed by atoms with E-state index in [1.54, 1.807) is 55.5 Å². The van der Waals surface area contributed by atoms with Crippen molar-refractivity contribution >= 4 is 53.2 Å². The van der Waals surface area contributed by atoms with E-state index in [-0.39, 0.29) is 10.9 Å². The first-order valence-corrected chi connectivity index (χ1v) is 13.6. The molecular weight excluding hydrogens is 540 g/mol. The molecule has 0 spiro atoms. The van der Waals surface area contributed by atoms with Gasteiger partial charge < -0.3 is 10.6 Å². The molecule has 2 atom stereocenters. The molecule has 1 unspecified atom stereocenters. The summed E-state index contributed by atoms with van der Waals surface area (Å²) < 4.78 is 15.2. The molecule has 9 heteroatoms. The van der Waals surface area contributed by atoms with Gasteiger partial charge in [0.2, 0.25) is 12.3 Å². The van der Waals surface area contributed by atoms with Crippen LogP contribution in [-0.2, 0) is 15.1 Å². The van der Waals surface area contributed by atoms with Crippen molar-refractivity contribution in [3.05, 3.63) is 93.2 Å². The number of carbonyl (C=O) groups is 3. The highest BCUT2D eigenvalue weighted by Crippen LogP contribution is 2.43. The summed E-state index contributed by atoms with van der Waals surface area (Å²) in [6.07, 6.45) is 5.56. The van der Waals surface area contributed by atoms with Crippen LogP contribution in [0.15, 0.2) is 60.7 Å². The standard InChI is InChI=1S/C30H30Cl2FN3O3/c1-19(23-6-5-7-25(32)27(23)33)28(29(39)35-22-11-8-20(17-37)9-12-22)36-30(14-3-2-4-15-30)24-13-10-21(31)16-26(24)34-18-38/h5-13,16-19,28,36H,2-4,14-15H2,1H3,(H,34,38)(H,35,39)/t19-,28?/m0/s1. The van der Waals surface area contributed by atoms with Crippen LogP contribution in [0.2, 0.25) is 10.0 Å². The summed E-state index contributed by atoms with van der Waals surface area (Å²) in [4.78, 5) is 36.4. The van der Waals surface area contributed by atoms with E-state index in [9.17, 15) is 14.4 Å². The molecule has 1 aliphatic carbocycles. The van der Waals surface area contributed by atoms with Gasteiger partial charge in [0.1, 0.15) is 12.1 Å². The first-order chi connectivity index (χ1) is 18.8. The Hall–Kier alpha value is -3.26. The van der Waals surface area contributed by atoms with Crippen molar-refractivity contribution < 1.29 is 18.8 Å². The summed E-state index contributed by atoms with van der Waals surface area (Å²) in [6, 6.07) is 15.7. The predicted octanol–water partition coefficient (Wildman–Crippen LogP) is 7.07. The smallest absolute Gasteiger partial charge is 0.242 e. The highest BCUT2D eigenvalue weighted by Gasteiger charge is 2.41. The zero-order chi connectivity index (χ0) is 28.0. The van der Waals surface area contributed by atoms with Gasteiger partial charge in [-0.1, -0.05) is 67.6 Å². The summed E-state index contributed by atoms with van der Waals surface area (Å²) in [6.45, 7) is 1.78. The monoisotopic (exact) mass is 569 g/mol. The van der Waals surface area contributed by atoms with E-state index in [2.05, 4.69) is 16.0 Å². The third-order valence-corrected chi connectivity index (χ3v) is 7.95. The molecule has 2 amide bonds. The number of anilines is 2. The topological polar surface area (TPSA) is 87.3 Å². The number of amides is 2. The van der Waals surface area contributed by atoms with Crippen LogP contribution in [0.3, 0.4) is 0 Å². The lowest BCUT2D eigenvalue weighted by molar-refractivity contribution is -0.119. The largest absolute Gasteiger partial charge is 0.328 e. The minimum Gasteiger partial charge on any atom is -0.328 e. The van der Waals surface area contributed by atoms with Crippen LogP contribution in [0.25, 0.3) is 0 Å². The van der Waals surface area contributed by atoms with Gasteiger partial charge in [-0.15, -0.1) is 0 Å². The maximum absolute atomic E-state index is 15.2. The molecule has 0 aromatic heterocycles. The molecule has 39 heavy (non-hydrogen) atoms. The lowest BCUT2D eigenvalue weighted by Gasteiger charge is -2.43. The molecule has 1 saturated carbocycles. The van der Waals surface area contributed by atoms with Crippen molar-refractivity contribution in [1.82, 2.24) is 5.32 Å². The van der Waals surface area contributed by atoms with Gasteiger partial charge in [0.05, 0.1) is 11.1 Å². The summed E-state index contributed by atoms with van der Waals surface area (Å²) in [5, 5.41) is 9.74. The molecule has 0 aliphatic heterocycles. The van der Waals surface area contributed by atoms with E-state index in [1.807, 2.05) is 6.07 Å². The Bertz CT molecular complexity index is 1340. The van der Waals surface area contributed by atoms with Gasteiger partial charge in [0.25, 0.3) is 0 Å². The summed E-state index contributed by atoms with van der Waals surface area (Å²) >= 11 is 12.4. The molecule has 0 heterocycles. The Morgan fingerprint density at radius 3 is 2.38 bits per heavy atom. The fourth-order valence-electron chi connectivity index (χ4n) is 5.40. The molecule has 3 aromatic carbocycles. The zero-order valence-corrected chi connectivity index (χ0v) is 23.0. The fourth-order valence-corrected chi connectivity index (χ4v) is 5.75. The van der Waals surface area contributed by atoms with Crippen LogP contribution in [0.1, 0.15) is 66.4 Å². The van der Waals surface area contributed by atoms with Crippen LogP contribution in [-0.4, -0.2) is 24.6 Å². The molecule has 1 aliphatic rings. The summed E-state index contributed by atoms with van der Waals surface area (Å²) in [5.74, 6) is -1.56. The van der Waals surface area contributed by atoms with Crippen LogP contribution < -0.4 is 16.0 Å². The second-order valence-electron chi connectivity index (χ2n) is 9.88. The molecule has 3 N–H and O–H groups in total. The van der Waals surface area contributed by atoms with E-state index >= 15 is 4.39 Å². The maximum atomic E-state index is 15.2. The Kier molecular flexibility index (Phi) is 9.38. The van der Waals surface area contributed by atoms with Gasteiger partial charge >= 0.3 is 0 Å². The fraction of sp³-hybridized carbons (Fsp3) is 0.300. The molecular formula is C30H30Cl2FN3O3. The van der Waals surface area contributed by atoms with Gasteiger partial charge in [-0.05, 0) is 66.4 Å².